The molecule has 0 bridgehead atoms. The van der Waals surface area contributed by atoms with Crippen LogP contribution in [0.5, 0.6) is 23.0 Å². The summed E-state index contributed by atoms with van der Waals surface area (Å²) >= 11 is 0. The van der Waals surface area contributed by atoms with E-state index in [9.17, 15) is 9.59 Å². The van der Waals surface area contributed by atoms with Crippen molar-refractivity contribution in [1.29, 1.82) is 0 Å². The van der Waals surface area contributed by atoms with Crippen LogP contribution in [0.15, 0.2) is 36.4 Å². The van der Waals surface area contributed by atoms with E-state index < -0.39 is 0 Å². The van der Waals surface area contributed by atoms with Gasteiger partial charge in [-0.1, -0.05) is 0 Å². The number of nitrogens with one attached hydrogen (secondary N) is 1. The number of hydrogen-bond donors (Lipinski definition) is 1. The average molecular weight is 387 g/mol. The lowest BCUT2D eigenvalue weighted by Gasteiger charge is -2.13. The Morgan fingerprint density at radius 1 is 0.893 bits per heavy atom. The normalized spacial score (nSPS) is 10.1. The summed E-state index contributed by atoms with van der Waals surface area (Å²) in [4.78, 5) is 23.6. The number of benzene rings is 2. The summed E-state index contributed by atoms with van der Waals surface area (Å²) in [5.74, 6) is 2.00. The molecule has 7 nitrogen and oxygen atoms in total. The van der Waals surface area contributed by atoms with E-state index in [1.54, 1.807) is 43.5 Å². The summed E-state index contributed by atoms with van der Waals surface area (Å²) < 4.78 is 21.3. The van der Waals surface area contributed by atoms with E-state index in [0.29, 0.717) is 47.3 Å². The van der Waals surface area contributed by atoms with Crippen LogP contribution in [0.1, 0.15) is 30.1 Å². The standard InChI is InChI=1S/C21H25NO6/c1-14(23)15-7-10-18(20(12-15)27-4)28-11-5-6-21(24)22-17-9-8-16(25-2)13-19(17)26-3/h7-10,12-13H,5-6,11H2,1-4H3,(H,22,24). The van der Waals surface area contributed by atoms with Crippen molar-refractivity contribution in [1.82, 2.24) is 0 Å². The van der Waals surface area contributed by atoms with Crippen LogP contribution in [0, 0.1) is 0 Å². The highest BCUT2D eigenvalue weighted by Crippen LogP contribution is 2.30. The molecule has 1 N–H and O–H groups in total. The van der Waals surface area contributed by atoms with Crippen LogP contribution >= 0.6 is 0 Å². The first-order valence-electron chi connectivity index (χ1n) is 8.82. The van der Waals surface area contributed by atoms with Gasteiger partial charge in [0.1, 0.15) is 11.5 Å². The predicted octanol–water partition coefficient (Wildman–Crippen LogP) is 3.71. The van der Waals surface area contributed by atoms with Crippen molar-refractivity contribution in [2.75, 3.05) is 33.3 Å². The van der Waals surface area contributed by atoms with Gasteiger partial charge in [-0.15, -0.1) is 0 Å². The highest BCUT2D eigenvalue weighted by atomic mass is 16.5. The topological polar surface area (TPSA) is 83.1 Å². The minimum atomic E-state index is -0.147. The van der Waals surface area contributed by atoms with Crippen LogP contribution in [0.4, 0.5) is 5.69 Å². The Labute approximate surface area is 164 Å². The molecule has 2 aromatic carbocycles. The quantitative estimate of drug-likeness (QED) is 0.494. The third-order valence-corrected chi connectivity index (χ3v) is 4.06. The number of rotatable bonds is 10. The van der Waals surface area contributed by atoms with Gasteiger partial charge in [-0.25, -0.2) is 0 Å². The molecule has 150 valence electrons. The molecule has 0 fully saturated rings. The number of hydrogen-bond acceptors (Lipinski definition) is 6. The van der Waals surface area contributed by atoms with Gasteiger partial charge < -0.3 is 24.3 Å². The molecule has 0 aromatic heterocycles. The first-order valence-corrected chi connectivity index (χ1v) is 8.82. The Morgan fingerprint density at radius 2 is 1.64 bits per heavy atom. The van der Waals surface area contributed by atoms with Gasteiger partial charge in [0.25, 0.3) is 0 Å². The largest absolute Gasteiger partial charge is 0.497 e. The van der Waals surface area contributed by atoms with Gasteiger partial charge in [-0.05, 0) is 43.7 Å². The van der Waals surface area contributed by atoms with Gasteiger partial charge in [0, 0.05) is 18.1 Å². The number of anilines is 1. The van der Waals surface area contributed by atoms with Gasteiger partial charge in [0.05, 0.1) is 33.6 Å². The Hall–Kier alpha value is -3.22. The van der Waals surface area contributed by atoms with Crippen LogP contribution in [0.3, 0.4) is 0 Å². The molecule has 0 aliphatic heterocycles. The molecule has 0 atom stereocenters. The molecular formula is C21H25NO6. The minimum absolute atomic E-state index is 0.0459. The summed E-state index contributed by atoms with van der Waals surface area (Å²) in [5.41, 5.74) is 1.13. The van der Waals surface area contributed by atoms with E-state index in [-0.39, 0.29) is 18.1 Å². The maximum atomic E-state index is 12.2. The molecule has 2 aromatic rings. The van der Waals surface area contributed by atoms with Gasteiger partial charge in [0.15, 0.2) is 17.3 Å². The number of ether oxygens (including phenoxy) is 4. The first-order chi connectivity index (χ1) is 13.5. The molecule has 0 heterocycles. The molecule has 0 spiro atoms. The maximum absolute atomic E-state index is 12.2. The van der Waals surface area contributed by atoms with Gasteiger partial charge in [0.2, 0.25) is 5.91 Å². The van der Waals surface area contributed by atoms with Crippen LogP contribution in [-0.2, 0) is 4.79 Å². The smallest absolute Gasteiger partial charge is 0.224 e. The van der Waals surface area contributed by atoms with Crippen LogP contribution in [-0.4, -0.2) is 39.6 Å². The Kier molecular flexibility index (Phi) is 7.68. The number of carbonyl (C=O) groups excluding carboxylic acids is 2. The van der Waals surface area contributed by atoms with Gasteiger partial charge >= 0.3 is 0 Å². The molecule has 0 aliphatic rings. The van der Waals surface area contributed by atoms with Gasteiger partial charge in [-0.2, -0.15) is 0 Å². The highest BCUT2D eigenvalue weighted by Gasteiger charge is 2.11. The van der Waals surface area contributed by atoms with Crippen LogP contribution in [0.2, 0.25) is 0 Å². The van der Waals surface area contributed by atoms with Crippen molar-refractivity contribution in [2.45, 2.75) is 19.8 Å². The Balaban J connectivity index is 1.85. The summed E-state index contributed by atoms with van der Waals surface area (Å²) in [7, 11) is 4.61. The molecule has 0 radical (unpaired) electrons. The minimum Gasteiger partial charge on any atom is -0.497 e. The number of Topliss-reactive ketones (excluding diaryl/α,β-unsaturated/α-hetero) is 1. The molecule has 28 heavy (non-hydrogen) atoms. The lowest BCUT2D eigenvalue weighted by atomic mass is 10.1. The number of carbonyl (C=O) groups is 2. The third-order valence-electron chi connectivity index (χ3n) is 4.06. The summed E-state index contributed by atoms with van der Waals surface area (Å²) in [6.07, 6.45) is 0.797. The fourth-order valence-corrected chi connectivity index (χ4v) is 2.54. The van der Waals surface area contributed by atoms with Crippen molar-refractivity contribution in [3.8, 4) is 23.0 Å². The van der Waals surface area contributed by atoms with Crippen LogP contribution < -0.4 is 24.3 Å². The monoisotopic (exact) mass is 387 g/mol. The van der Waals surface area contributed by atoms with Crippen molar-refractivity contribution < 1.29 is 28.5 Å². The first kappa shape index (κ1) is 21.1. The maximum Gasteiger partial charge on any atom is 0.224 e. The molecular weight excluding hydrogens is 362 g/mol. The summed E-state index contributed by atoms with van der Waals surface area (Å²) in [5, 5.41) is 2.82. The second-order valence-corrected chi connectivity index (χ2v) is 5.99. The molecule has 7 heteroatoms. The van der Waals surface area contributed by atoms with E-state index >= 15 is 0 Å². The van der Waals surface area contributed by atoms with Crippen molar-refractivity contribution in [3.05, 3.63) is 42.0 Å². The van der Waals surface area contributed by atoms with Crippen molar-refractivity contribution >= 4 is 17.4 Å². The number of amides is 1. The molecule has 2 rings (SSSR count). The van der Waals surface area contributed by atoms with E-state index in [0.717, 1.165) is 0 Å². The zero-order valence-electron chi connectivity index (χ0n) is 16.5. The zero-order chi connectivity index (χ0) is 20.5. The van der Waals surface area contributed by atoms with Gasteiger partial charge in [-0.3, -0.25) is 9.59 Å². The predicted molar refractivity (Wildman–Crippen MR) is 106 cm³/mol. The molecule has 0 aliphatic carbocycles. The second-order valence-electron chi connectivity index (χ2n) is 5.99. The lowest BCUT2D eigenvalue weighted by Crippen LogP contribution is -2.13. The fourth-order valence-electron chi connectivity index (χ4n) is 2.54. The van der Waals surface area contributed by atoms with Crippen molar-refractivity contribution in [2.24, 2.45) is 0 Å². The Morgan fingerprint density at radius 3 is 2.29 bits per heavy atom. The van der Waals surface area contributed by atoms with E-state index in [4.69, 9.17) is 18.9 Å². The summed E-state index contributed by atoms with van der Waals surface area (Å²) in [6, 6.07) is 10.2. The number of methoxy groups -OCH3 is 3. The molecule has 0 unspecified atom stereocenters. The number of ketones is 1. The average Bonchev–Trinajstić information content (AvgIpc) is 2.71. The molecule has 0 saturated heterocycles. The third kappa shape index (κ3) is 5.64. The summed E-state index contributed by atoms with van der Waals surface area (Å²) in [6.45, 7) is 1.83. The highest BCUT2D eigenvalue weighted by molar-refractivity contribution is 5.94. The second kappa shape index (κ2) is 10.2. The fraction of sp³-hybridized carbons (Fsp3) is 0.333. The zero-order valence-corrected chi connectivity index (χ0v) is 16.5. The SMILES string of the molecule is COc1ccc(NC(=O)CCCOc2ccc(C(C)=O)cc2OC)c(OC)c1. The van der Waals surface area contributed by atoms with E-state index in [1.165, 1.54) is 21.1 Å². The lowest BCUT2D eigenvalue weighted by molar-refractivity contribution is -0.116. The van der Waals surface area contributed by atoms with Crippen LogP contribution in [0.25, 0.3) is 0 Å². The van der Waals surface area contributed by atoms with Crippen molar-refractivity contribution in [3.63, 3.8) is 0 Å². The molecule has 0 saturated carbocycles. The molecule has 1 amide bonds. The van der Waals surface area contributed by atoms with E-state index in [1.807, 2.05) is 0 Å². The van der Waals surface area contributed by atoms with E-state index in [2.05, 4.69) is 5.32 Å². The Bertz CT molecular complexity index is 834.